The zero-order valence-corrected chi connectivity index (χ0v) is 17.6. The van der Waals surface area contributed by atoms with E-state index in [9.17, 15) is 0 Å². The normalized spacial score (nSPS) is 15.0. The van der Waals surface area contributed by atoms with Gasteiger partial charge in [-0.05, 0) is 32.4 Å². The van der Waals surface area contributed by atoms with E-state index in [1.165, 1.54) is 64.2 Å². The van der Waals surface area contributed by atoms with Crippen LogP contribution in [0.25, 0.3) is 0 Å². The third-order valence-corrected chi connectivity index (χ3v) is 5.96. The van der Waals surface area contributed by atoms with Crippen molar-refractivity contribution in [1.29, 1.82) is 0 Å². The van der Waals surface area contributed by atoms with Gasteiger partial charge in [0.2, 0.25) is 0 Å². The van der Waals surface area contributed by atoms with Crippen LogP contribution < -0.4 is 4.74 Å². The molecule has 0 aliphatic carbocycles. The molecule has 0 bridgehead atoms. The molecule has 1 aromatic carbocycles. The highest BCUT2D eigenvalue weighted by molar-refractivity contribution is 9.10. The molecule has 1 aromatic rings. The van der Waals surface area contributed by atoms with E-state index in [-0.39, 0.29) is 10.4 Å². The van der Waals surface area contributed by atoms with Gasteiger partial charge in [-0.15, -0.1) is 0 Å². The first-order chi connectivity index (χ1) is 11.6. The topological polar surface area (TPSA) is 9.23 Å². The van der Waals surface area contributed by atoms with Gasteiger partial charge in [-0.3, -0.25) is 0 Å². The molecule has 0 saturated heterocycles. The average Bonchev–Trinajstić information content (AvgIpc) is 2.57. The minimum absolute atomic E-state index is 0.0446. The first kappa shape index (κ1) is 21.5. The summed E-state index contributed by atoms with van der Waals surface area (Å²) in [4.78, 5) is 0. The van der Waals surface area contributed by atoms with Gasteiger partial charge in [0.1, 0.15) is 11.9 Å². The van der Waals surface area contributed by atoms with Crippen molar-refractivity contribution in [3.63, 3.8) is 0 Å². The van der Waals surface area contributed by atoms with E-state index in [1.807, 2.05) is 30.3 Å². The lowest BCUT2D eigenvalue weighted by molar-refractivity contribution is 0.176. The molecule has 2 unspecified atom stereocenters. The fraction of sp³-hybridized carbons (Fsp3) is 0.727. The number of para-hydroxylation sites is 1. The third kappa shape index (κ3) is 9.71. The van der Waals surface area contributed by atoms with Gasteiger partial charge in [0.25, 0.3) is 0 Å². The quantitative estimate of drug-likeness (QED) is 0.229. The monoisotopic (exact) mass is 396 g/mol. The summed E-state index contributed by atoms with van der Waals surface area (Å²) in [6, 6.07) is 10.1. The Morgan fingerprint density at radius 3 is 1.92 bits per heavy atom. The molecule has 2 atom stereocenters. The van der Waals surface area contributed by atoms with Crippen LogP contribution >= 0.6 is 15.9 Å². The van der Waals surface area contributed by atoms with Crippen LogP contribution in [0.4, 0.5) is 0 Å². The molecule has 0 radical (unpaired) electrons. The van der Waals surface area contributed by atoms with Crippen LogP contribution in [-0.4, -0.2) is 10.4 Å². The van der Waals surface area contributed by atoms with E-state index < -0.39 is 0 Å². The van der Waals surface area contributed by atoms with Gasteiger partial charge in [0, 0.05) is 0 Å². The van der Waals surface area contributed by atoms with E-state index in [0.29, 0.717) is 0 Å². The SMILES string of the molecule is CCCCCCCCCCCCC(C)(Br)C(C)Oc1ccccc1. The molecule has 2 heteroatoms. The Labute approximate surface area is 158 Å². The second kappa shape index (κ2) is 12.8. The molecule has 0 N–H and O–H groups in total. The largest absolute Gasteiger partial charge is 0.489 e. The van der Waals surface area contributed by atoms with E-state index in [4.69, 9.17) is 4.74 Å². The van der Waals surface area contributed by atoms with Crippen molar-refractivity contribution in [2.75, 3.05) is 0 Å². The lowest BCUT2D eigenvalue weighted by Gasteiger charge is -2.30. The molecule has 0 fully saturated rings. The minimum Gasteiger partial charge on any atom is -0.489 e. The predicted molar refractivity (Wildman–Crippen MR) is 110 cm³/mol. The first-order valence-corrected chi connectivity index (χ1v) is 10.8. The van der Waals surface area contributed by atoms with Crippen LogP contribution in [0.1, 0.15) is 91.4 Å². The van der Waals surface area contributed by atoms with Crippen LogP contribution in [0.3, 0.4) is 0 Å². The van der Waals surface area contributed by atoms with Crippen molar-refractivity contribution in [3.05, 3.63) is 30.3 Å². The van der Waals surface area contributed by atoms with Gasteiger partial charge in [0.05, 0.1) is 4.32 Å². The summed E-state index contributed by atoms with van der Waals surface area (Å²) in [7, 11) is 0. The average molecular weight is 397 g/mol. The van der Waals surface area contributed by atoms with Crippen molar-refractivity contribution in [1.82, 2.24) is 0 Å². The van der Waals surface area contributed by atoms with E-state index >= 15 is 0 Å². The fourth-order valence-corrected chi connectivity index (χ4v) is 3.36. The van der Waals surface area contributed by atoms with Crippen LogP contribution in [0.2, 0.25) is 0 Å². The molecule has 138 valence electrons. The zero-order chi connectivity index (χ0) is 17.7. The van der Waals surface area contributed by atoms with Gasteiger partial charge in [-0.25, -0.2) is 0 Å². The van der Waals surface area contributed by atoms with Crippen LogP contribution in [-0.2, 0) is 0 Å². The molecular formula is C22H37BrO. The van der Waals surface area contributed by atoms with Gasteiger partial charge in [0.15, 0.2) is 0 Å². The van der Waals surface area contributed by atoms with Crippen LogP contribution in [0, 0.1) is 0 Å². The maximum Gasteiger partial charge on any atom is 0.119 e. The molecule has 0 aliphatic rings. The summed E-state index contributed by atoms with van der Waals surface area (Å²) in [5, 5.41) is 0. The van der Waals surface area contributed by atoms with Gasteiger partial charge in [-0.2, -0.15) is 0 Å². The molecule has 0 amide bonds. The van der Waals surface area contributed by atoms with Gasteiger partial charge in [-0.1, -0.05) is 105 Å². The van der Waals surface area contributed by atoms with Gasteiger partial charge >= 0.3 is 0 Å². The Morgan fingerprint density at radius 2 is 1.38 bits per heavy atom. The number of hydrogen-bond donors (Lipinski definition) is 0. The number of unbranched alkanes of at least 4 members (excludes halogenated alkanes) is 9. The maximum absolute atomic E-state index is 6.07. The third-order valence-electron chi connectivity index (χ3n) is 4.92. The Bertz CT molecular complexity index is 402. The second-order valence-corrected chi connectivity index (χ2v) is 9.09. The smallest absolute Gasteiger partial charge is 0.119 e. The van der Waals surface area contributed by atoms with Crippen molar-refractivity contribution < 1.29 is 4.74 Å². The molecule has 0 saturated carbocycles. The van der Waals surface area contributed by atoms with E-state index in [1.54, 1.807) is 0 Å². The molecule has 0 heterocycles. The number of rotatable bonds is 14. The summed E-state index contributed by atoms with van der Waals surface area (Å²) < 4.78 is 6.12. The summed E-state index contributed by atoms with van der Waals surface area (Å²) in [6.07, 6.45) is 15.2. The number of benzene rings is 1. The Morgan fingerprint density at radius 1 is 0.875 bits per heavy atom. The van der Waals surface area contributed by atoms with E-state index in [0.717, 1.165) is 12.2 Å². The van der Waals surface area contributed by atoms with Crippen molar-refractivity contribution in [2.24, 2.45) is 0 Å². The molecule has 0 spiro atoms. The summed E-state index contributed by atoms with van der Waals surface area (Å²) in [5.41, 5.74) is 0. The second-order valence-electron chi connectivity index (χ2n) is 7.28. The standard InChI is InChI=1S/C22H37BrO/c1-4-5-6-7-8-9-10-11-12-16-19-22(3,23)20(2)24-21-17-14-13-15-18-21/h13-15,17-18,20H,4-12,16,19H2,1-3H3. The molecule has 1 rings (SSSR count). The van der Waals surface area contributed by atoms with Crippen molar-refractivity contribution in [2.45, 2.75) is 102 Å². The number of halogens is 1. The molecule has 0 aliphatic heterocycles. The van der Waals surface area contributed by atoms with Crippen LogP contribution in [0.15, 0.2) is 30.3 Å². The van der Waals surface area contributed by atoms with Gasteiger partial charge < -0.3 is 4.74 Å². The highest BCUT2D eigenvalue weighted by atomic mass is 79.9. The van der Waals surface area contributed by atoms with Crippen LogP contribution in [0.5, 0.6) is 5.75 Å². The summed E-state index contributed by atoms with van der Waals surface area (Å²) >= 11 is 3.90. The fourth-order valence-electron chi connectivity index (χ4n) is 2.99. The molecule has 1 nitrogen and oxygen atoms in total. The molecular weight excluding hydrogens is 360 g/mol. The predicted octanol–water partition coefficient (Wildman–Crippen LogP) is 7.92. The summed E-state index contributed by atoms with van der Waals surface area (Å²) in [5.74, 6) is 0.957. The number of alkyl halides is 1. The highest BCUT2D eigenvalue weighted by Crippen LogP contribution is 2.31. The Hall–Kier alpha value is -0.500. The molecule has 0 aromatic heterocycles. The van der Waals surface area contributed by atoms with Crippen molar-refractivity contribution >= 4 is 15.9 Å². The lowest BCUT2D eigenvalue weighted by atomic mass is 9.97. The Balaban J connectivity index is 2.08. The van der Waals surface area contributed by atoms with Crippen molar-refractivity contribution in [3.8, 4) is 5.75 Å². The first-order valence-electron chi connectivity index (χ1n) is 9.97. The molecule has 24 heavy (non-hydrogen) atoms. The number of ether oxygens (including phenoxy) is 1. The van der Waals surface area contributed by atoms with E-state index in [2.05, 4.69) is 36.7 Å². The lowest BCUT2D eigenvalue weighted by Crippen LogP contribution is -2.35. The zero-order valence-electron chi connectivity index (χ0n) is 16.0. The number of hydrogen-bond acceptors (Lipinski definition) is 1. The highest BCUT2D eigenvalue weighted by Gasteiger charge is 2.29. The Kier molecular flexibility index (Phi) is 11.5. The minimum atomic E-state index is 0.0446. The maximum atomic E-state index is 6.07. The summed E-state index contributed by atoms with van der Waals surface area (Å²) in [6.45, 7) is 6.70.